The number of methoxy groups -OCH3 is 1. The van der Waals surface area contributed by atoms with Crippen LogP contribution in [-0.2, 0) is 4.74 Å². The molecule has 0 saturated carbocycles. The number of carbonyl (C=O) groups is 1. The van der Waals surface area contributed by atoms with Crippen LogP contribution in [0.1, 0.15) is 15.9 Å². The van der Waals surface area contributed by atoms with E-state index in [1.54, 1.807) is 28.7 Å². The van der Waals surface area contributed by atoms with Crippen LogP contribution in [0.3, 0.4) is 0 Å². The number of hydrogen-bond donors (Lipinski definition) is 0. The highest BCUT2D eigenvalue weighted by Gasteiger charge is 2.32. The van der Waals surface area contributed by atoms with Crippen molar-refractivity contribution in [1.29, 1.82) is 5.26 Å². The standard InChI is InChI=1S/C10H5F3INO2S/c1-17-9(16)6-2-5(14)3-8(7(6)4-15)18-10(11,12)13/h2-3H,1H3. The van der Waals surface area contributed by atoms with Crippen molar-refractivity contribution in [2.45, 2.75) is 10.4 Å². The van der Waals surface area contributed by atoms with Gasteiger partial charge >= 0.3 is 11.5 Å². The lowest BCUT2D eigenvalue weighted by atomic mass is 10.1. The Morgan fingerprint density at radius 2 is 2.11 bits per heavy atom. The lowest BCUT2D eigenvalue weighted by Gasteiger charge is -2.10. The fourth-order valence-corrected chi connectivity index (χ4v) is 2.70. The SMILES string of the molecule is COC(=O)c1cc(I)cc(SC(F)(F)F)c1C#N. The quantitative estimate of drug-likeness (QED) is 0.443. The van der Waals surface area contributed by atoms with E-state index in [2.05, 4.69) is 4.74 Å². The molecular formula is C10H5F3INO2S. The number of esters is 1. The van der Waals surface area contributed by atoms with Crippen LogP contribution in [0.2, 0.25) is 0 Å². The Balaban J connectivity index is 3.39. The molecule has 0 atom stereocenters. The second-order valence-corrected chi connectivity index (χ2v) is 5.33. The molecule has 0 aromatic heterocycles. The van der Waals surface area contributed by atoms with Crippen molar-refractivity contribution in [3.63, 3.8) is 0 Å². The molecule has 1 rings (SSSR count). The van der Waals surface area contributed by atoms with Gasteiger partial charge in [0, 0.05) is 8.47 Å². The van der Waals surface area contributed by atoms with E-state index < -0.39 is 23.2 Å². The molecule has 0 spiro atoms. The molecule has 96 valence electrons. The van der Waals surface area contributed by atoms with Gasteiger partial charge in [-0.1, -0.05) is 0 Å². The van der Waals surface area contributed by atoms with Crippen molar-refractivity contribution in [1.82, 2.24) is 0 Å². The lowest BCUT2D eigenvalue weighted by Crippen LogP contribution is -2.08. The second-order valence-electron chi connectivity index (χ2n) is 2.98. The van der Waals surface area contributed by atoms with Gasteiger partial charge in [-0.3, -0.25) is 0 Å². The molecule has 0 radical (unpaired) electrons. The summed E-state index contributed by atoms with van der Waals surface area (Å²) in [6.45, 7) is 0. The molecular weight excluding hydrogens is 382 g/mol. The summed E-state index contributed by atoms with van der Waals surface area (Å²) in [5.74, 6) is -0.839. The van der Waals surface area contributed by atoms with Gasteiger partial charge in [0.25, 0.3) is 0 Å². The lowest BCUT2D eigenvalue weighted by molar-refractivity contribution is -0.0328. The Kier molecular flexibility index (Phi) is 4.86. The van der Waals surface area contributed by atoms with Crippen molar-refractivity contribution in [3.05, 3.63) is 26.8 Å². The highest BCUT2D eigenvalue weighted by molar-refractivity contribution is 14.1. The number of nitrogens with zero attached hydrogens (tertiary/aromatic N) is 1. The van der Waals surface area contributed by atoms with Crippen molar-refractivity contribution in [3.8, 4) is 6.07 Å². The number of rotatable bonds is 2. The maximum Gasteiger partial charge on any atom is 0.446 e. The van der Waals surface area contributed by atoms with Gasteiger partial charge in [0.2, 0.25) is 0 Å². The second kappa shape index (κ2) is 5.79. The van der Waals surface area contributed by atoms with Crippen LogP contribution >= 0.6 is 34.4 Å². The molecule has 0 fully saturated rings. The average Bonchev–Trinajstić information content (AvgIpc) is 2.25. The third kappa shape index (κ3) is 3.78. The fraction of sp³-hybridized carbons (Fsp3) is 0.200. The van der Waals surface area contributed by atoms with E-state index in [1.807, 2.05) is 0 Å². The molecule has 0 amide bonds. The third-order valence-corrected chi connectivity index (χ3v) is 3.21. The maximum absolute atomic E-state index is 12.3. The number of carbonyl (C=O) groups excluding carboxylic acids is 1. The van der Waals surface area contributed by atoms with E-state index in [0.29, 0.717) is 3.57 Å². The first-order valence-electron chi connectivity index (χ1n) is 4.36. The number of thioether (sulfide) groups is 1. The number of nitriles is 1. The Morgan fingerprint density at radius 3 is 2.56 bits per heavy atom. The smallest absolute Gasteiger partial charge is 0.446 e. The molecule has 1 aromatic rings. The zero-order chi connectivity index (χ0) is 13.9. The molecule has 3 nitrogen and oxygen atoms in total. The third-order valence-electron chi connectivity index (χ3n) is 1.81. The normalized spacial score (nSPS) is 10.9. The molecule has 0 aliphatic heterocycles. The van der Waals surface area contributed by atoms with E-state index in [-0.39, 0.29) is 16.0 Å². The van der Waals surface area contributed by atoms with E-state index in [9.17, 15) is 18.0 Å². The van der Waals surface area contributed by atoms with Crippen LogP contribution < -0.4 is 0 Å². The van der Waals surface area contributed by atoms with Crippen molar-refractivity contribution < 1.29 is 22.7 Å². The predicted molar refractivity (Wildman–Crippen MR) is 67.1 cm³/mol. The van der Waals surface area contributed by atoms with Crippen LogP contribution in [0, 0.1) is 14.9 Å². The van der Waals surface area contributed by atoms with E-state index in [1.165, 1.54) is 12.1 Å². The zero-order valence-electron chi connectivity index (χ0n) is 8.84. The number of alkyl halides is 3. The van der Waals surface area contributed by atoms with Gasteiger partial charge in [-0.25, -0.2) is 4.79 Å². The summed E-state index contributed by atoms with van der Waals surface area (Å²) in [7, 11) is 1.10. The Labute approximate surface area is 118 Å². The summed E-state index contributed by atoms with van der Waals surface area (Å²) in [5, 5.41) is 8.89. The highest BCUT2D eigenvalue weighted by Crippen LogP contribution is 2.40. The van der Waals surface area contributed by atoms with Crippen LogP contribution in [0.4, 0.5) is 13.2 Å². The molecule has 0 aliphatic carbocycles. The Hall–Kier alpha value is -0.950. The summed E-state index contributed by atoms with van der Waals surface area (Å²) in [4.78, 5) is 11.1. The molecule has 1 aromatic carbocycles. The summed E-state index contributed by atoms with van der Waals surface area (Å²) in [6.07, 6.45) is 0. The largest absolute Gasteiger partial charge is 0.465 e. The van der Waals surface area contributed by atoms with Gasteiger partial charge in [-0.15, -0.1) is 0 Å². The molecule has 0 N–H and O–H groups in total. The fourth-order valence-electron chi connectivity index (χ4n) is 1.17. The average molecular weight is 387 g/mol. The summed E-state index contributed by atoms with van der Waals surface area (Å²) in [6, 6.07) is 4.11. The van der Waals surface area contributed by atoms with Crippen molar-refractivity contribution in [2.75, 3.05) is 7.11 Å². The number of halogens is 4. The van der Waals surface area contributed by atoms with Crippen LogP contribution in [0.25, 0.3) is 0 Å². The van der Waals surface area contributed by atoms with Crippen molar-refractivity contribution >= 4 is 40.3 Å². The minimum atomic E-state index is -4.52. The van der Waals surface area contributed by atoms with Gasteiger partial charge in [-0.2, -0.15) is 18.4 Å². The first kappa shape index (κ1) is 15.1. The van der Waals surface area contributed by atoms with Crippen LogP contribution in [0.15, 0.2) is 17.0 Å². The zero-order valence-corrected chi connectivity index (χ0v) is 11.8. The number of benzene rings is 1. The summed E-state index contributed by atoms with van der Waals surface area (Å²) < 4.78 is 41.9. The van der Waals surface area contributed by atoms with Crippen molar-refractivity contribution in [2.24, 2.45) is 0 Å². The van der Waals surface area contributed by atoms with Crippen LogP contribution in [-0.4, -0.2) is 18.6 Å². The minimum absolute atomic E-state index is 0.168. The molecule has 0 heterocycles. The predicted octanol–water partition coefficient (Wildman–Crippen LogP) is 3.56. The summed E-state index contributed by atoms with van der Waals surface area (Å²) in [5.41, 5.74) is -5.02. The molecule has 18 heavy (non-hydrogen) atoms. The monoisotopic (exact) mass is 387 g/mol. The topological polar surface area (TPSA) is 50.1 Å². The molecule has 0 saturated heterocycles. The Bertz CT molecular complexity index is 525. The highest BCUT2D eigenvalue weighted by atomic mass is 127. The van der Waals surface area contributed by atoms with Gasteiger partial charge < -0.3 is 4.74 Å². The van der Waals surface area contributed by atoms with Crippen LogP contribution in [0.5, 0.6) is 0 Å². The number of ether oxygens (including phenoxy) is 1. The number of hydrogen-bond acceptors (Lipinski definition) is 4. The summed E-state index contributed by atoms with van der Waals surface area (Å²) >= 11 is 1.34. The van der Waals surface area contributed by atoms with Gasteiger partial charge in [-0.05, 0) is 46.5 Å². The molecule has 8 heteroatoms. The molecule has 0 unspecified atom stereocenters. The van der Waals surface area contributed by atoms with E-state index in [0.717, 1.165) is 7.11 Å². The first-order valence-corrected chi connectivity index (χ1v) is 6.25. The van der Waals surface area contributed by atoms with E-state index in [4.69, 9.17) is 5.26 Å². The Morgan fingerprint density at radius 1 is 1.50 bits per heavy atom. The molecule has 0 aliphatic rings. The van der Waals surface area contributed by atoms with E-state index >= 15 is 0 Å². The van der Waals surface area contributed by atoms with Gasteiger partial charge in [0.1, 0.15) is 6.07 Å². The first-order chi connectivity index (χ1) is 8.28. The molecule has 0 bridgehead atoms. The van der Waals surface area contributed by atoms with Gasteiger partial charge in [0.15, 0.2) is 0 Å². The van der Waals surface area contributed by atoms with Gasteiger partial charge in [0.05, 0.1) is 18.2 Å². The minimum Gasteiger partial charge on any atom is -0.465 e. The maximum atomic E-state index is 12.3.